The molecule has 1 amide bonds. The molecule has 2 aliphatic carbocycles. The predicted molar refractivity (Wildman–Crippen MR) is 89.9 cm³/mol. The Morgan fingerprint density at radius 3 is 2.92 bits per heavy atom. The quantitative estimate of drug-likeness (QED) is 0.936. The fourth-order valence-corrected chi connectivity index (χ4v) is 4.47. The third-order valence-electron chi connectivity index (χ3n) is 5.83. The number of amides is 1. The lowest BCUT2D eigenvalue weighted by molar-refractivity contribution is -0.127. The van der Waals surface area contributed by atoms with Gasteiger partial charge in [0.25, 0.3) is 5.91 Å². The fourth-order valence-electron chi connectivity index (χ4n) is 4.47. The van der Waals surface area contributed by atoms with Crippen molar-refractivity contribution in [3.05, 3.63) is 29.7 Å². The molecule has 4 rings (SSSR count). The van der Waals surface area contributed by atoms with Gasteiger partial charge in [0.1, 0.15) is 5.82 Å². The van der Waals surface area contributed by atoms with Crippen molar-refractivity contribution in [1.29, 1.82) is 0 Å². The summed E-state index contributed by atoms with van der Waals surface area (Å²) in [6.45, 7) is 4.68. The molecule has 2 atom stereocenters. The van der Waals surface area contributed by atoms with Gasteiger partial charge in [0.15, 0.2) is 5.65 Å². The molecule has 6 nitrogen and oxygen atoms in total. The first-order chi connectivity index (χ1) is 11.6. The summed E-state index contributed by atoms with van der Waals surface area (Å²) in [5.74, 6) is 0.767. The van der Waals surface area contributed by atoms with Gasteiger partial charge in [-0.05, 0) is 45.2 Å². The Morgan fingerprint density at radius 1 is 1.38 bits per heavy atom. The number of ether oxygens (including phenoxy) is 1. The molecule has 2 unspecified atom stereocenters. The molecule has 0 aromatic carbocycles. The Bertz CT molecular complexity index is 763. The van der Waals surface area contributed by atoms with Crippen LogP contribution in [0, 0.1) is 12.3 Å². The molecule has 2 fully saturated rings. The van der Waals surface area contributed by atoms with Gasteiger partial charge in [0, 0.05) is 24.3 Å². The van der Waals surface area contributed by atoms with Crippen LogP contribution in [0.15, 0.2) is 18.3 Å². The third-order valence-corrected chi connectivity index (χ3v) is 5.83. The van der Waals surface area contributed by atoms with Crippen LogP contribution in [0.1, 0.15) is 55.2 Å². The van der Waals surface area contributed by atoms with E-state index < -0.39 is 0 Å². The molecule has 0 bridgehead atoms. The first-order valence-electron chi connectivity index (χ1n) is 8.88. The zero-order chi connectivity index (χ0) is 16.7. The van der Waals surface area contributed by atoms with Gasteiger partial charge in [-0.1, -0.05) is 12.8 Å². The summed E-state index contributed by atoms with van der Waals surface area (Å²) in [6, 6.07) is 3.88. The van der Waals surface area contributed by atoms with Crippen LogP contribution in [0.2, 0.25) is 0 Å². The number of nitrogens with one attached hydrogen (secondary N) is 1. The molecule has 0 saturated heterocycles. The van der Waals surface area contributed by atoms with Crippen LogP contribution < -0.4 is 5.32 Å². The number of carbonyl (C=O) groups excluding carboxylic acids is 1. The van der Waals surface area contributed by atoms with Crippen LogP contribution in [0.25, 0.3) is 5.65 Å². The molecule has 128 valence electrons. The molecule has 1 N–H and O–H groups in total. The van der Waals surface area contributed by atoms with Crippen molar-refractivity contribution < 1.29 is 9.53 Å². The summed E-state index contributed by atoms with van der Waals surface area (Å²) >= 11 is 0. The number of hydrogen-bond acceptors (Lipinski definition) is 4. The number of rotatable bonds is 4. The van der Waals surface area contributed by atoms with Crippen molar-refractivity contribution in [3.8, 4) is 0 Å². The highest BCUT2D eigenvalue weighted by Gasteiger charge is 2.57. The standard InChI is InChI=1S/C18H24N4O2/c1-3-24-15-10-14(18(15)8-4-5-9-18)19-17(23)13-6-7-16-21-20-12(2)22(16)11-13/h6-7,11,14-15H,3-5,8-10H2,1-2H3,(H,19,23). The average Bonchev–Trinajstić information content (AvgIpc) is 3.23. The van der Waals surface area contributed by atoms with Crippen molar-refractivity contribution in [2.45, 2.75) is 58.1 Å². The number of aryl methyl sites for hydroxylation is 1. The maximum atomic E-state index is 12.7. The minimum Gasteiger partial charge on any atom is -0.378 e. The summed E-state index contributed by atoms with van der Waals surface area (Å²) in [5, 5.41) is 11.4. The van der Waals surface area contributed by atoms with Gasteiger partial charge >= 0.3 is 0 Å². The second kappa shape index (κ2) is 5.84. The minimum atomic E-state index is -0.0174. The zero-order valence-electron chi connectivity index (χ0n) is 14.3. The van der Waals surface area contributed by atoms with Crippen LogP contribution in [0.4, 0.5) is 0 Å². The van der Waals surface area contributed by atoms with Crippen LogP contribution in [-0.4, -0.2) is 39.3 Å². The number of aromatic nitrogens is 3. The van der Waals surface area contributed by atoms with Gasteiger partial charge in [-0.2, -0.15) is 0 Å². The van der Waals surface area contributed by atoms with Crippen LogP contribution in [-0.2, 0) is 4.74 Å². The second-order valence-electron chi connectivity index (χ2n) is 7.04. The number of pyridine rings is 1. The van der Waals surface area contributed by atoms with E-state index in [1.165, 1.54) is 12.8 Å². The van der Waals surface area contributed by atoms with Crippen molar-refractivity contribution in [1.82, 2.24) is 19.9 Å². The van der Waals surface area contributed by atoms with E-state index in [2.05, 4.69) is 15.5 Å². The minimum absolute atomic E-state index is 0.0174. The first-order valence-corrected chi connectivity index (χ1v) is 8.88. The summed E-state index contributed by atoms with van der Waals surface area (Å²) < 4.78 is 7.78. The van der Waals surface area contributed by atoms with Crippen molar-refractivity contribution >= 4 is 11.6 Å². The third kappa shape index (κ3) is 2.32. The molecule has 2 aromatic heterocycles. The van der Waals surface area contributed by atoms with Crippen molar-refractivity contribution in [2.75, 3.05) is 6.61 Å². The smallest absolute Gasteiger partial charge is 0.253 e. The second-order valence-corrected chi connectivity index (χ2v) is 7.04. The fraction of sp³-hybridized carbons (Fsp3) is 0.611. The predicted octanol–water partition coefficient (Wildman–Crippen LogP) is 2.51. The van der Waals surface area contributed by atoms with Crippen LogP contribution in [0.5, 0.6) is 0 Å². The van der Waals surface area contributed by atoms with E-state index in [9.17, 15) is 4.79 Å². The Labute approximate surface area is 141 Å². The number of nitrogens with zero attached hydrogens (tertiary/aromatic N) is 3. The molecule has 24 heavy (non-hydrogen) atoms. The molecule has 0 aliphatic heterocycles. The summed E-state index contributed by atoms with van der Waals surface area (Å²) in [4.78, 5) is 12.7. The molecule has 2 aliphatic rings. The molecule has 2 aromatic rings. The van der Waals surface area contributed by atoms with Gasteiger partial charge in [-0.3, -0.25) is 9.20 Å². The molecular formula is C18H24N4O2. The molecule has 1 spiro atoms. The lowest BCUT2D eigenvalue weighted by atomic mass is 9.60. The molecule has 6 heteroatoms. The number of hydrogen-bond donors (Lipinski definition) is 1. The number of fused-ring (bicyclic) bond motifs is 1. The monoisotopic (exact) mass is 328 g/mol. The maximum absolute atomic E-state index is 12.7. The van der Waals surface area contributed by atoms with Crippen LogP contribution in [0.3, 0.4) is 0 Å². The SMILES string of the molecule is CCOC1CC(NC(=O)c2ccc3nnc(C)n3c2)C12CCCC2. The summed E-state index contributed by atoms with van der Waals surface area (Å²) in [6.07, 6.45) is 7.84. The Morgan fingerprint density at radius 2 is 2.17 bits per heavy atom. The average molecular weight is 328 g/mol. The molecule has 2 heterocycles. The number of carbonyl (C=O) groups is 1. The van der Waals surface area contributed by atoms with Gasteiger partial charge in [0.2, 0.25) is 0 Å². The maximum Gasteiger partial charge on any atom is 0.253 e. The lowest BCUT2D eigenvalue weighted by Gasteiger charge is -2.54. The van der Waals surface area contributed by atoms with E-state index in [1.807, 2.05) is 36.6 Å². The van der Waals surface area contributed by atoms with E-state index in [0.717, 1.165) is 37.3 Å². The van der Waals surface area contributed by atoms with Gasteiger partial charge in [-0.15, -0.1) is 10.2 Å². The van der Waals surface area contributed by atoms with E-state index in [1.54, 1.807) is 0 Å². The van der Waals surface area contributed by atoms with Crippen LogP contribution >= 0.6 is 0 Å². The molecule has 2 saturated carbocycles. The highest BCUT2D eigenvalue weighted by Crippen LogP contribution is 2.54. The highest BCUT2D eigenvalue weighted by molar-refractivity contribution is 5.94. The van der Waals surface area contributed by atoms with Gasteiger partial charge in [-0.25, -0.2) is 0 Å². The van der Waals surface area contributed by atoms with E-state index in [-0.39, 0.29) is 17.4 Å². The van der Waals surface area contributed by atoms with E-state index in [0.29, 0.717) is 11.7 Å². The van der Waals surface area contributed by atoms with Gasteiger partial charge in [0.05, 0.1) is 11.7 Å². The van der Waals surface area contributed by atoms with Crippen molar-refractivity contribution in [3.63, 3.8) is 0 Å². The molecular weight excluding hydrogens is 304 g/mol. The Kier molecular flexibility index (Phi) is 3.79. The summed E-state index contributed by atoms with van der Waals surface area (Å²) in [7, 11) is 0. The zero-order valence-corrected chi connectivity index (χ0v) is 14.3. The Balaban J connectivity index is 1.52. The van der Waals surface area contributed by atoms with Gasteiger partial charge < -0.3 is 10.1 Å². The topological polar surface area (TPSA) is 68.5 Å². The highest BCUT2D eigenvalue weighted by atomic mass is 16.5. The lowest BCUT2D eigenvalue weighted by Crippen LogP contribution is -2.63. The Hall–Kier alpha value is -1.95. The van der Waals surface area contributed by atoms with Crippen molar-refractivity contribution in [2.24, 2.45) is 5.41 Å². The molecule has 0 radical (unpaired) electrons. The normalized spacial score (nSPS) is 25.1. The van der Waals surface area contributed by atoms with E-state index >= 15 is 0 Å². The summed E-state index contributed by atoms with van der Waals surface area (Å²) in [5.41, 5.74) is 1.57. The largest absolute Gasteiger partial charge is 0.378 e. The first kappa shape index (κ1) is 15.6. The van der Waals surface area contributed by atoms with E-state index in [4.69, 9.17) is 4.74 Å².